The van der Waals surface area contributed by atoms with E-state index >= 15 is 0 Å². The van der Waals surface area contributed by atoms with Crippen molar-refractivity contribution in [3.63, 3.8) is 0 Å². The zero-order chi connectivity index (χ0) is 39.9. The van der Waals surface area contributed by atoms with E-state index in [0.717, 1.165) is 89.6 Å². The number of allylic oxidation sites excluding steroid dienone is 3. The zero-order valence-electron chi connectivity index (χ0n) is 34.1. The molecule has 0 bridgehead atoms. The summed E-state index contributed by atoms with van der Waals surface area (Å²) < 4.78 is 2.11. The molecule has 0 radical (unpaired) electrons. The molecule has 56 heavy (non-hydrogen) atoms. The van der Waals surface area contributed by atoms with Crippen LogP contribution in [0, 0.1) is 0 Å². The second kappa shape index (κ2) is 14.8. The summed E-state index contributed by atoms with van der Waals surface area (Å²) >= 11 is 0. The molecule has 0 unspecified atom stereocenters. The van der Waals surface area contributed by atoms with Gasteiger partial charge in [0.25, 0.3) is 0 Å². The number of aromatic hydroxyl groups is 1. The lowest BCUT2D eigenvalue weighted by Crippen LogP contribution is -2.17. The Morgan fingerprint density at radius 3 is 2.04 bits per heavy atom. The Balaban J connectivity index is 1.41. The number of para-hydroxylation sites is 2. The van der Waals surface area contributed by atoms with Gasteiger partial charge in [-0.1, -0.05) is 121 Å². The molecule has 2 heterocycles. The summed E-state index contributed by atoms with van der Waals surface area (Å²) in [4.78, 5) is 12.5. The van der Waals surface area contributed by atoms with Crippen LogP contribution in [0.15, 0.2) is 146 Å². The number of rotatable bonds is 8. The van der Waals surface area contributed by atoms with Gasteiger partial charge in [0.2, 0.25) is 0 Å². The van der Waals surface area contributed by atoms with E-state index < -0.39 is 0 Å². The molecule has 0 fully saturated rings. The maximum absolute atomic E-state index is 11.9. The molecule has 5 heteroatoms. The number of aromatic nitrogens is 3. The molecule has 0 spiro atoms. The molecule has 0 saturated carbocycles. The largest absolute Gasteiger partial charge is 0.507 e. The molecule has 0 amide bonds. The number of phenols is 1. The monoisotopic (exact) mass is 736 g/mol. The highest BCUT2D eigenvalue weighted by Gasteiger charge is 2.28. The van der Waals surface area contributed by atoms with Gasteiger partial charge in [0.05, 0.1) is 22.3 Å². The molecule has 0 atom stereocenters. The SMILES string of the molecule is C=C/C(=C(\C)N(C)c1ccccc1)c1ccnc(-c2cc(-c3ccccc3)cc(-c3cccc4c3nc(-c3cc(C(C)(C)C)cc(C(C)(C)C)c3O)n4C)c2)c1. The highest BCUT2D eigenvalue weighted by molar-refractivity contribution is 5.96. The number of nitrogens with zero attached hydrogens (tertiary/aromatic N) is 4. The van der Waals surface area contributed by atoms with Gasteiger partial charge < -0.3 is 14.6 Å². The molecule has 0 aliphatic heterocycles. The van der Waals surface area contributed by atoms with Crippen molar-refractivity contribution in [3.05, 3.63) is 163 Å². The number of fused-ring (bicyclic) bond motifs is 1. The third-order valence-electron chi connectivity index (χ3n) is 10.9. The number of phenolic OH excluding ortho intramolecular Hbond substituents is 1. The summed E-state index contributed by atoms with van der Waals surface area (Å²) in [5.74, 6) is 1.01. The normalized spacial score (nSPS) is 12.4. The van der Waals surface area contributed by atoms with Crippen molar-refractivity contribution in [1.29, 1.82) is 0 Å². The number of aryl methyl sites for hydroxylation is 1. The highest BCUT2D eigenvalue weighted by atomic mass is 16.3. The maximum atomic E-state index is 11.9. The van der Waals surface area contributed by atoms with Crippen molar-refractivity contribution in [2.24, 2.45) is 7.05 Å². The van der Waals surface area contributed by atoms with Gasteiger partial charge in [-0.2, -0.15) is 0 Å². The Kier molecular flexibility index (Phi) is 10.1. The van der Waals surface area contributed by atoms with Gasteiger partial charge in [-0.3, -0.25) is 4.98 Å². The number of anilines is 1. The predicted molar refractivity (Wildman–Crippen MR) is 237 cm³/mol. The summed E-state index contributed by atoms with van der Waals surface area (Å²) in [7, 11) is 4.12. The van der Waals surface area contributed by atoms with Crippen LogP contribution in [-0.2, 0) is 17.9 Å². The Morgan fingerprint density at radius 1 is 0.714 bits per heavy atom. The highest BCUT2D eigenvalue weighted by Crippen LogP contribution is 2.44. The lowest BCUT2D eigenvalue weighted by Gasteiger charge is -2.27. The van der Waals surface area contributed by atoms with E-state index in [-0.39, 0.29) is 16.6 Å². The fourth-order valence-corrected chi connectivity index (χ4v) is 7.48. The van der Waals surface area contributed by atoms with E-state index in [4.69, 9.17) is 9.97 Å². The van der Waals surface area contributed by atoms with Crippen LogP contribution in [0.25, 0.3) is 61.5 Å². The van der Waals surface area contributed by atoms with Crippen molar-refractivity contribution >= 4 is 22.3 Å². The van der Waals surface area contributed by atoms with Crippen molar-refractivity contribution in [2.45, 2.75) is 59.3 Å². The minimum atomic E-state index is -0.256. The lowest BCUT2D eigenvalue weighted by atomic mass is 9.79. The van der Waals surface area contributed by atoms with Crippen LogP contribution in [0.4, 0.5) is 5.69 Å². The molecular formula is C51H52N4O. The van der Waals surface area contributed by atoms with Crippen LogP contribution in [0.1, 0.15) is 65.2 Å². The van der Waals surface area contributed by atoms with E-state index in [1.165, 1.54) is 0 Å². The molecular weight excluding hydrogens is 685 g/mol. The Bertz CT molecular complexity index is 2600. The van der Waals surface area contributed by atoms with Crippen molar-refractivity contribution in [2.75, 3.05) is 11.9 Å². The molecule has 0 saturated heterocycles. The molecule has 5 nitrogen and oxygen atoms in total. The fourth-order valence-electron chi connectivity index (χ4n) is 7.48. The first-order chi connectivity index (χ1) is 26.7. The van der Waals surface area contributed by atoms with Gasteiger partial charge in [0.1, 0.15) is 11.6 Å². The smallest absolute Gasteiger partial charge is 0.144 e. The lowest BCUT2D eigenvalue weighted by molar-refractivity contribution is 0.446. The molecule has 2 aromatic heterocycles. The third-order valence-corrected chi connectivity index (χ3v) is 10.9. The van der Waals surface area contributed by atoms with Crippen LogP contribution in [0.3, 0.4) is 0 Å². The van der Waals surface area contributed by atoms with Crippen LogP contribution in [0.2, 0.25) is 0 Å². The molecule has 7 aromatic rings. The van der Waals surface area contributed by atoms with Gasteiger partial charge in [-0.25, -0.2) is 4.98 Å². The quantitative estimate of drug-likeness (QED) is 0.158. The van der Waals surface area contributed by atoms with Crippen molar-refractivity contribution in [3.8, 4) is 50.6 Å². The summed E-state index contributed by atoms with van der Waals surface area (Å²) in [6.45, 7) is 19.4. The van der Waals surface area contributed by atoms with Crippen molar-refractivity contribution < 1.29 is 5.11 Å². The number of pyridine rings is 1. The van der Waals surface area contributed by atoms with E-state index in [9.17, 15) is 5.11 Å². The van der Waals surface area contributed by atoms with Gasteiger partial charge in [-0.15, -0.1) is 0 Å². The van der Waals surface area contributed by atoms with Crippen LogP contribution >= 0.6 is 0 Å². The summed E-state index contributed by atoms with van der Waals surface area (Å²) in [5.41, 5.74) is 14.7. The van der Waals surface area contributed by atoms with Gasteiger partial charge >= 0.3 is 0 Å². The standard InChI is InChI=1S/C51H52N4O/c1-11-41(33(2)54(9)40-21-16-13-17-22-40)35-25-26-52-45(30-35)38-28-36(34-19-14-12-15-20-34)27-37(29-38)42-23-18-24-46-47(42)53-49(55(46)10)43-31-39(50(3,4)5)32-44(48(43)56)51(6,7)8/h11-32,56H,1H2,2-10H3/b41-33-. The Labute approximate surface area is 332 Å². The first kappa shape index (κ1) is 38.1. The Morgan fingerprint density at radius 2 is 1.38 bits per heavy atom. The number of hydrogen-bond donors (Lipinski definition) is 1. The maximum Gasteiger partial charge on any atom is 0.144 e. The number of imidazole rings is 1. The van der Waals surface area contributed by atoms with Crippen LogP contribution < -0.4 is 4.90 Å². The molecule has 282 valence electrons. The third kappa shape index (κ3) is 7.29. The van der Waals surface area contributed by atoms with Gasteiger partial charge in [0.15, 0.2) is 0 Å². The Hall–Kier alpha value is -6.20. The first-order valence-electron chi connectivity index (χ1n) is 19.3. The van der Waals surface area contributed by atoms with E-state index in [1.54, 1.807) is 0 Å². The average Bonchev–Trinajstić information content (AvgIpc) is 3.53. The minimum absolute atomic E-state index is 0.115. The topological polar surface area (TPSA) is 54.2 Å². The molecule has 7 rings (SSSR count). The summed E-state index contributed by atoms with van der Waals surface area (Å²) in [5, 5.41) is 11.9. The predicted octanol–water partition coefficient (Wildman–Crippen LogP) is 13.0. The molecule has 5 aromatic carbocycles. The second-order valence-electron chi connectivity index (χ2n) is 16.8. The van der Waals surface area contributed by atoms with E-state index in [2.05, 4.69) is 181 Å². The van der Waals surface area contributed by atoms with Crippen LogP contribution in [0.5, 0.6) is 5.75 Å². The van der Waals surface area contributed by atoms with Crippen LogP contribution in [-0.4, -0.2) is 26.7 Å². The minimum Gasteiger partial charge on any atom is -0.507 e. The van der Waals surface area contributed by atoms with Gasteiger partial charge in [-0.05, 0) is 100 Å². The zero-order valence-corrected chi connectivity index (χ0v) is 34.1. The summed E-state index contributed by atoms with van der Waals surface area (Å²) in [6, 6.07) is 42.3. The van der Waals surface area contributed by atoms with E-state index in [1.807, 2.05) is 31.5 Å². The molecule has 1 N–H and O–H groups in total. The summed E-state index contributed by atoms with van der Waals surface area (Å²) in [6.07, 6.45) is 3.81. The number of benzene rings is 5. The number of hydrogen-bond acceptors (Lipinski definition) is 4. The van der Waals surface area contributed by atoms with E-state index in [0.29, 0.717) is 0 Å². The average molecular weight is 737 g/mol. The van der Waals surface area contributed by atoms with Gasteiger partial charge in [0, 0.05) is 53.9 Å². The molecule has 0 aliphatic carbocycles. The first-order valence-corrected chi connectivity index (χ1v) is 19.3. The fraction of sp³-hybridized carbons (Fsp3) is 0.216. The second-order valence-corrected chi connectivity index (χ2v) is 16.8. The molecule has 0 aliphatic rings. The van der Waals surface area contributed by atoms with Crippen molar-refractivity contribution in [1.82, 2.24) is 14.5 Å².